The number of rotatable bonds is 17. The van der Waals surface area contributed by atoms with Crippen LogP contribution in [0.5, 0.6) is 0 Å². The molecule has 52 heavy (non-hydrogen) atoms. The van der Waals surface area contributed by atoms with Crippen LogP contribution < -0.4 is 45.0 Å². The Morgan fingerprint density at radius 1 is 0.827 bits per heavy atom. The summed E-state index contributed by atoms with van der Waals surface area (Å²) >= 11 is 0. The van der Waals surface area contributed by atoms with Crippen molar-refractivity contribution in [1.29, 1.82) is 0 Å². The van der Waals surface area contributed by atoms with E-state index < -0.39 is 129 Å². The summed E-state index contributed by atoms with van der Waals surface area (Å²) in [5, 5.41) is 69.5. The molecule has 1 saturated carbocycles. The molecule has 304 valence electrons. The van der Waals surface area contributed by atoms with Crippen LogP contribution in [0.4, 0.5) is 4.39 Å². The summed E-state index contributed by atoms with van der Waals surface area (Å²) in [6.07, 6.45) is -19.4. The van der Waals surface area contributed by atoms with Gasteiger partial charge in [-0.3, -0.25) is 4.79 Å². The van der Waals surface area contributed by atoms with Gasteiger partial charge >= 0.3 is 0 Å². The molecule has 0 aromatic heterocycles. The molecule has 1 amide bonds. The van der Waals surface area contributed by atoms with E-state index in [1.807, 2.05) is 0 Å². The average molecular weight is 759 g/mol. The molecule has 20 N–H and O–H groups in total. The first-order chi connectivity index (χ1) is 24.8. The summed E-state index contributed by atoms with van der Waals surface area (Å²) in [4.78, 5) is 12.7. The highest BCUT2D eigenvalue weighted by Crippen LogP contribution is 2.34. The van der Waals surface area contributed by atoms with Gasteiger partial charge < -0.3 is 104 Å². The van der Waals surface area contributed by atoms with Gasteiger partial charge in [0.1, 0.15) is 61.1 Å². The van der Waals surface area contributed by atoms with Gasteiger partial charge in [-0.05, 0) is 38.8 Å². The fourth-order valence-electron chi connectivity index (χ4n) is 6.79. The fourth-order valence-corrected chi connectivity index (χ4v) is 6.79. The van der Waals surface area contributed by atoms with Gasteiger partial charge in [0.05, 0.1) is 30.8 Å². The van der Waals surface area contributed by atoms with Gasteiger partial charge in [0.15, 0.2) is 25.0 Å². The third-order valence-corrected chi connectivity index (χ3v) is 9.94. The fraction of sp³-hybridized carbons (Fsp3) is 0.967. The van der Waals surface area contributed by atoms with E-state index in [4.69, 9.17) is 62.8 Å². The van der Waals surface area contributed by atoms with Gasteiger partial charge in [-0.2, -0.15) is 0 Å². The third-order valence-electron chi connectivity index (χ3n) is 9.94. The lowest BCUT2D eigenvalue weighted by Crippen LogP contribution is -2.67. The molecule has 0 aromatic carbocycles. The molecule has 0 aromatic rings. The summed E-state index contributed by atoms with van der Waals surface area (Å²) < 4.78 is 49.9. The number of aliphatic hydroxyl groups excluding tert-OH is 6. The molecule has 0 bridgehead atoms. The topological polar surface area (TPSA) is 374 Å². The van der Waals surface area contributed by atoms with Crippen molar-refractivity contribution in [3.63, 3.8) is 0 Å². The molecule has 4 rings (SSSR count). The minimum absolute atomic E-state index is 0.137. The number of carbonyl (C=O) groups excluding carboxylic acids is 1. The lowest BCUT2D eigenvalue weighted by molar-refractivity contribution is -0.290. The molecule has 19 atom stereocenters. The predicted octanol–water partition coefficient (Wildman–Crippen LogP) is -8.04. The zero-order valence-corrected chi connectivity index (χ0v) is 28.9. The van der Waals surface area contributed by atoms with Crippen molar-refractivity contribution in [1.82, 2.24) is 10.6 Å². The van der Waals surface area contributed by atoms with Crippen LogP contribution in [0.1, 0.15) is 25.7 Å². The zero-order valence-electron chi connectivity index (χ0n) is 28.9. The number of hydrogen-bond donors (Lipinski definition) is 14. The van der Waals surface area contributed by atoms with Crippen LogP contribution in [-0.4, -0.2) is 192 Å². The van der Waals surface area contributed by atoms with Crippen LogP contribution in [0.15, 0.2) is 0 Å². The van der Waals surface area contributed by atoms with Crippen LogP contribution in [-0.2, 0) is 33.2 Å². The molecular formula is C30H59FN8O13. The van der Waals surface area contributed by atoms with E-state index in [2.05, 4.69) is 10.6 Å². The largest absolute Gasteiger partial charge is 0.394 e. The number of ether oxygens (including phenoxy) is 6. The molecule has 4 aliphatic rings. The lowest BCUT2D eigenvalue weighted by Gasteiger charge is -2.46. The van der Waals surface area contributed by atoms with Crippen LogP contribution in [0.3, 0.4) is 0 Å². The molecule has 3 aliphatic heterocycles. The maximum atomic E-state index is 14.1. The molecule has 22 heteroatoms. The van der Waals surface area contributed by atoms with E-state index in [1.54, 1.807) is 0 Å². The van der Waals surface area contributed by atoms with Crippen molar-refractivity contribution in [3.05, 3.63) is 0 Å². The second kappa shape index (κ2) is 20.0. The van der Waals surface area contributed by atoms with Crippen LogP contribution >= 0.6 is 0 Å². The highest BCUT2D eigenvalue weighted by molar-refractivity contribution is 5.81. The first kappa shape index (κ1) is 43.4. The molecule has 3 heterocycles. The molecule has 4 fully saturated rings. The number of amides is 1. The van der Waals surface area contributed by atoms with Crippen molar-refractivity contribution in [3.8, 4) is 0 Å². The molecule has 3 saturated heterocycles. The van der Waals surface area contributed by atoms with Gasteiger partial charge in [0, 0.05) is 25.7 Å². The minimum Gasteiger partial charge on any atom is -0.394 e. The number of aliphatic hydroxyl groups is 6. The summed E-state index contributed by atoms with van der Waals surface area (Å²) in [6, 6.07) is -4.12. The molecule has 21 nitrogen and oxygen atoms in total. The van der Waals surface area contributed by atoms with Crippen molar-refractivity contribution in [2.45, 2.75) is 142 Å². The van der Waals surface area contributed by atoms with Gasteiger partial charge in [-0.15, -0.1) is 0 Å². The SMILES string of the molecule is NCCCNC[C@@H]1CC[C@@H](N)[C@@H](O[C@H]2[C@H](O[C@@H]3O[C@H](CO)[C@@H](O[C@H]4O[C@@H](CN)[C@@H](O)[C@H](O)[C@H]4N)[C@H]3O)[C@@H](O)[C@H](NC(=O)C(O)[C@@H](F)CN)C[C@@H]2N)O1. The minimum atomic E-state index is -2.14. The Hall–Kier alpha value is -1.36. The first-order valence-corrected chi connectivity index (χ1v) is 17.7. The van der Waals surface area contributed by atoms with E-state index in [1.165, 1.54) is 0 Å². The van der Waals surface area contributed by atoms with Crippen molar-refractivity contribution >= 4 is 5.91 Å². The van der Waals surface area contributed by atoms with E-state index in [0.717, 1.165) is 6.42 Å². The Bertz CT molecular complexity index is 1100. The maximum absolute atomic E-state index is 14.1. The Labute approximate surface area is 300 Å². The van der Waals surface area contributed by atoms with Crippen LogP contribution in [0.2, 0.25) is 0 Å². The van der Waals surface area contributed by atoms with Crippen molar-refractivity contribution in [2.75, 3.05) is 39.3 Å². The summed E-state index contributed by atoms with van der Waals surface area (Å²) in [5.41, 5.74) is 35.4. The Morgan fingerprint density at radius 2 is 1.50 bits per heavy atom. The molecule has 0 spiro atoms. The van der Waals surface area contributed by atoms with Gasteiger partial charge in [-0.25, -0.2) is 4.39 Å². The second-order valence-electron chi connectivity index (χ2n) is 13.8. The number of nitrogens with two attached hydrogens (primary N) is 6. The number of alkyl halides is 1. The predicted molar refractivity (Wildman–Crippen MR) is 177 cm³/mol. The summed E-state index contributed by atoms with van der Waals surface area (Å²) in [6.45, 7) is 0.160. The lowest BCUT2D eigenvalue weighted by atomic mass is 9.83. The van der Waals surface area contributed by atoms with E-state index >= 15 is 0 Å². The quantitative estimate of drug-likeness (QED) is 0.0612. The highest BCUT2D eigenvalue weighted by atomic mass is 19.1. The van der Waals surface area contributed by atoms with E-state index in [0.29, 0.717) is 32.5 Å². The highest BCUT2D eigenvalue weighted by Gasteiger charge is 2.54. The van der Waals surface area contributed by atoms with Crippen molar-refractivity contribution in [2.24, 2.45) is 34.4 Å². The van der Waals surface area contributed by atoms with Gasteiger partial charge in [0.2, 0.25) is 0 Å². The molecular weight excluding hydrogens is 699 g/mol. The van der Waals surface area contributed by atoms with Crippen LogP contribution in [0.25, 0.3) is 0 Å². The van der Waals surface area contributed by atoms with E-state index in [9.17, 15) is 39.8 Å². The Morgan fingerprint density at radius 3 is 2.15 bits per heavy atom. The number of nitrogens with one attached hydrogen (secondary N) is 2. The standard InChI is InChI=1S/C30H59FN8O13/c31-12(7-33)19(41)27(46)39-15-6-14(36)24(50-28-13(35)3-2-11(47-28)9-38-5-1-4-32)26(20(15)42)52-30-23(45)25(17(10-40)49-30)51-29-18(37)22(44)21(43)16(8-34)48-29/h11-26,28-30,38,40-45H,1-10,32-37H2,(H,39,46)/t11-,12-,13+,14-,15+,16-,17+,18+,19?,20-,21+,22+,23+,24+,25+,26+,28+,29+,30-/m0/s1. The van der Waals surface area contributed by atoms with Crippen LogP contribution in [0, 0.1) is 0 Å². The smallest absolute Gasteiger partial charge is 0.252 e. The number of hydrogen-bond acceptors (Lipinski definition) is 20. The van der Waals surface area contributed by atoms with E-state index in [-0.39, 0.29) is 19.1 Å². The average Bonchev–Trinajstić information content (AvgIpc) is 3.43. The molecule has 1 aliphatic carbocycles. The second-order valence-corrected chi connectivity index (χ2v) is 13.8. The Kier molecular flexibility index (Phi) is 16.7. The zero-order chi connectivity index (χ0) is 38.3. The normalized spacial score (nSPS) is 44.0. The number of halogens is 1. The Balaban J connectivity index is 1.54. The van der Waals surface area contributed by atoms with Gasteiger partial charge in [0.25, 0.3) is 5.91 Å². The first-order valence-electron chi connectivity index (χ1n) is 17.7. The van der Waals surface area contributed by atoms with Gasteiger partial charge in [-0.1, -0.05) is 0 Å². The number of carbonyl (C=O) groups is 1. The summed E-state index contributed by atoms with van der Waals surface area (Å²) in [5.74, 6) is -1.16. The molecule has 0 radical (unpaired) electrons. The summed E-state index contributed by atoms with van der Waals surface area (Å²) in [7, 11) is 0. The molecule has 1 unspecified atom stereocenters. The maximum Gasteiger partial charge on any atom is 0.252 e. The monoisotopic (exact) mass is 758 g/mol. The third kappa shape index (κ3) is 10.3. The van der Waals surface area contributed by atoms with Crippen molar-refractivity contribution < 1.29 is 68.2 Å².